The Bertz CT molecular complexity index is 4250. The minimum absolute atomic E-state index is 0.0137. The van der Waals surface area contributed by atoms with E-state index in [0.717, 1.165) is 46.3 Å². The topological polar surface area (TPSA) is 348 Å². The van der Waals surface area contributed by atoms with E-state index >= 15 is 4.39 Å². The lowest BCUT2D eigenvalue weighted by molar-refractivity contribution is -0.326. The maximum Gasteiger partial charge on any atom is 0.409 e. The Kier molecular flexibility index (Phi) is 25.9. The van der Waals surface area contributed by atoms with Crippen molar-refractivity contribution >= 4 is 111 Å². The molecule has 2 aromatic heterocycles. The monoisotopic (exact) mass is 1550 g/mol. The molecule has 7 aliphatic rings. The van der Waals surface area contributed by atoms with E-state index in [1.807, 2.05) is 32.1 Å². The normalized spacial score (nSPS) is 25.6. The Balaban J connectivity index is 0.606. The fourth-order valence-corrected chi connectivity index (χ4v) is 17.1. The number of nitrogens with one attached hydrogen (secondary N) is 5. The van der Waals surface area contributed by atoms with Crippen LogP contribution in [-0.2, 0) is 54.2 Å². The zero-order valence-electron chi connectivity index (χ0n) is 62.5. The first-order valence-corrected chi connectivity index (χ1v) is 39.0. The van der Waals surface area contributed by atoms with Crippen LogP contribution < -0.4 is 47.3 Å². The highest BCUT2D eigenvalue weighted by Crippen LogP contribution is 2.51. The van der Waals surface area contributed by atoms with Crippen LogP contribution in [-0.4, -0.2) is 196 Å². The molecule has 3 aromatic carbocycles. The molecule has 12 rings (SSSR count). The number of pyridine rings is 1. The van der Waals surface area contributed by atoms with Crippen LogP contribution in [0.4, 0.5) is 26.4 Å². The molecular weight excluding hydrogens is 1450 g/mol. The number of hydrogen-bond donors (Lipinski definition) is 8. The molecular formula is C78H100Cl2FN13O13S. The first kappa shape index (κ1) is 80.6. The van der Waals surface area contributed by atoms with Gasteiger partial charge in [-0.3, -0.25) is 39.0 Å². The molecule has 4 saturated heterocycles. The van der Waals surface area contributed by atoms with Crippen molar-refractivity contribution in [1.82, 2.24) is 40.7 Å². The average Bonchev–Trinajstić information content (AvgIpc) is 0.830. The highest BCUT2D eigenvalue weighted by Gasteiger charge is 2.63. The van der Waals surface area contributed by atoms with Gasteiger partial charge in [0.1, 0.15) is 63.4 Å². The first-order valence-electron chi connectivity index (χ1n) is 37.2. The second-order valence-electron chi connectivity index (χ2n) is 30.2. The van der Waals surface area contributed by atoms with Gasteiger partial charge in [-0.15, -0.1) is 11.8 Å². The molecule has 1 aliphatic carbocycles. The number of aromatic amines is 1. The molecule has 30 heteroatoms. The summed E-state index contributed by atoms with van der Waals surface area (Å²) in [5.74, 6) is -1.76. The largest absolute Gasteiger partial charge is 0.495 e. The van der Waals surface area contributed by atoms with Crippen LogP contribution in [0.3, 0.4) is 0 Å². The van der Waals surface area contributed by atoms with E-state index < -0.39 is 76.8 Å². The number of nitrogens with zero attached hydrogens (tertiary/aromatic N) is 6. The van der Waals surface area contributed by atoms with Crippen molar-refractivity contribution < 1.29 is 66.8 Å². The number of hydrogen-bond acceptors (Lipinski definition) is 20. The number of unbranched alkanes of at least 4 members (excludes halogenated alkanes) is 1. The highest BCUT2D eigenvalue weighted by molar-refractivity contribution is 8.00. The van der Waals surface area contributed by atoms with Gasteiger partial charge in [0.2, 0.25) is 35.4 Å². The number of halogens is 3. The van der Waals surface area contributed by atoms with E-state index in [1.54, 1.807) is 63.5 Å². The maximum atomic E-state index is 15.0. The Morgan fingerprint density at radius 3 is 2.43 bits per heavy atom. The molecule has 0 radical (unpaired) electrons. The Hall–Kier alpha value is -8.38. The highest BCUT2D eigenvalue weighted by atomic mass is 35.5. The van der Waals surface area contributed by atoms with Gasteiger partial charge >= 0.3 is 12.1 Å². The Morgan fingerprint density at radius 1 is 0.944 bits per heavy atom. The lowest BCUT2D eigenvalue weighted by atomic mass is 9.72. The van der Waals surface area contributed by atoms with Gasteiger partial charge in [-0.05, 0) is 164 Å². The fourth-order valence-electron chi connectivity index (χ4n) is 15.5. The number of thioether (sulfide) groups is 1. The number of H-pyrrole nitrogens is 1. The standard InChI is InChI=1S/C78H100Cl2FN13O13S/c1-44-13-9-11-24-78(103)40-62(106-75(102)90-78)77(5)43-76(4,107-77)61(39-64(96)92(7)58-34-48(31-44)35-59(104-8)67(58)80)105-74(101)46(3)91(6)63(95)23-30-108-60-38-65(97)94(73(60)100)42-47-15-17-49(18-16-47)71(98)85-25-12-10-14-55(83)72(99)86-27-26-84-69-66(70-88-56-20-19-51(79)37-57(56)89-70)68(93-28-21-53(82)22-29-93)54(41-87-69)50-32-45(2)33-52(81)36-50/h9,11,13,19-20,32-37,41,46-47,49,53,55,60-62,103H,10,12,14-18,21-31,38-40,42-43,82-83H2,1-8H3,(H,84,87)(H,85,98)(H,86,99)(H,88,89)(H,90,102)/b11-9+,44-13+/t46?,47?,49?,55-,60+,61-,62?,76?,77?,78+/m0/s1. The zero-order valence-corrected chi connectivity index (χ0v) is 64.9. The van der Waals surface area contributed by atoms with Crippen LogP contribution in [0.25, 0.3) is 33.5 Å². The number of imidazole rings is 1. The van der Waals surface area contributed by atoms with Crippen LogP contribution in [0.1, 0.15) is 135 Å². The van der Waals surface area contributed by atoms with Crippen LogP contribution in [0.5, 0.6) is 5.75 Å². The molecule has 5 fully saturated rings. The van der Waals surface area contributed by atoms with Crippen molar-refractivity contribution in [3.05, 3.63) is 106 Å². The summed E-state index contributed by atoms with van der Waals surface area (Å²) < 4.78 is 39.1. The molecule has 10 N–H and O–H groups in total. The number of nitrogens with two attached hydrogens (primary N) is 2. The number of fused-ring (bicyclic) bond motifs is 7. The molecule has 6 aliphatic heterocycles. The summed E-state index contributed by atoms with van der Waals surface area (Å²) in [4.78, 5) is 129. The van der Waals surface area contributed by atoms with E-state index in [4.69, 9.17) is 63.6 Å². The van der Waals surface area contributed by atoms with Gasteiger partial charge in [0.25, 0.3) is 0 Å². The summed E-state index contributed by atoms with van der Waals surface area (Å²) in [6, 6.07) is 12.0. The summed E-state index contributed by atoms with van der Waals surface area (Å²) >= 11 is 14.4. The summed E-state index contributed by atoms with van der Waals surface area (Å²) in [6.07, 6.45) is 9.88. The number of aromatic nitrogens is 3. The summed E-state index contributed by atoms with van der Waals surface area (Å²) in [5, 5.41) is 23.6. The lowest BCUT2D eigenvalue weighted by Crippen LogP contribution is -2.71. The number of piperidine rings is 1. The predicted octanol–water partition coefficient (Wildman–Crippen LogP) is 9.57. The van der Waals surface area contributed by atoms with Crippen LogP contribution in [0.15, 0.2) is 78.5 Å². The van der Waals surface area contributed by atoms with Gasteiger partial charge in [0.05, 0.1) is 52.8 Å². The number of carbonyl (C=O) groups excluding carboxylic acids is 8. The van der Waals surface area contributed by atoms with Gasteiger partial charge in [0.15, 0.2) is 0 Å². The van der Waals surface area contributed by atoms with Crippen LogP contribution in [0, 0.1) is 24.6 Å². The van der Waals surface area contributed by atoms with Gasteiger partial charge in [-0.2, -0.15) is 0 Å². The molecule has 7 amide bonds. The van der Waals surface area contributed by atoms with Crippen LogP contribution in [0.2, 0.25) is 10.0 Å². The third-order valence-electron chi connectivity index (χ3n) is 21.8. The number of likely N-dealkylation sites (N-methyl/N-ethyl adjacent to an activating group) is 1. The number of alkyl carbamates (subject to hydrolysis) is 1. The van der Waals surface area contributed by atoms with Crippen LogP contribution >= 0.6 is 35.0 Å². The Labute approximate surface area is 643 Å². The van der Waals surface area contributed by atoms with Gasteiger partial charge in [-0.1, -0.05) is 53.1 Å². The van der Waals surface area contributed by atoms with E-state index in [2.05, 4.69) is 31.2 Å². The van der Waals surface area contributed by atoms with Crippen molar-refractivity contribution in [2.75, 3.05) is 81.3 Å². The van der Waals surface area contributed by atoms with E-state index in [9.17, 15) is 43.5 Å². The molecule has 8 heterocycles. The number of amides is 7. The van der Waals surface area contributed by atoms with Crippen molar-refractivity contribution in [3.8, 4) is 28.3 Å². The number of methoxy groups -OCH3 is 1. The number of imide groups is 1. The van der Waals surface area contributed by atoms with E-state index in [0.29, 0.717) is 122 Å². The third-order valence-corrected chi connectivity index (χ3v) is 23.6. The average molecular weight is 1550 g/mol. The number of rotatable bonds is 24. The maximum absolute atomic E-state index is 15.0. The number of anilines is 3. The molecule has 5 aromatic rings. The second kappa shape index (κ2) is 34.7. The number of esters is 1. The zero-order chi connectivity index (χ0) is 77.5. The number of aryl methyl sites for hydroxylation is 1. The quantitative estimate of drug-likeness (QED) is 0.0162. The number of allylic oxidation sites excluding steroid dienone is 3. The third kappa shape index (κ3) is 19.1. The molecule has 4 unspecified atom stereocenters. The van der Waals surface area contributed by atoms with Crippen molar-refractivity contribution in [1.29, 1.82) is 0 Å². The minimum Gasteiger partial charge on any atom is -0.495 e. The number of aliphatic hydroxyl groups is 1. The molecule has 26 nitrogen and oxygen atoms in total. The van der Waals surface area contributed by atoms with E-state index in [-0.39, 0.29) is 103 Å². The van der Waals surface area contributed by atoms with Crippen molar-refractivity contribution in [2.24, 2.45) is 23.3 Å². The summed E-state index contributed by atoms with van der Waals surface area (Å²) in [6.45, 7) is 11.2. The fraction of sp³-hybridized carbons (Fsp3) is 0.538. The molecule has 108 heavy (non-hydrogen) atoms. The van der Waals surface area contributed by atoms with Gasteiger partial charge in [-0.25, -0.2) is 23.9 Å². The number of likely N-dealkylation sites (tertiary alicyclic amines) is 1. The number of carbonyl (C=O) groups is 8. The molecule has 582 valence electrons. The number of ether oxygens (including phenoxy) is 4. The van der Waals surface area contributed by atoms with Gasteiger partial charge in [0, 0.05) is 120 Å². The lowest BCUT2D eigenvalue weighted by Gasteiger charge is -2.59. The number of benzene rings is 3. The first-order chi connectivity index (χ1) is 51.4. The van der Waals surface area contributed by atoms with Crippen molar-refractivity contribution in [2.45, 2.75) is 190 Å². The smallest absolute Gasteiger partial charge is 0.409 e. The second-order valence-corrected chi connectivity index (χ2v) is 32.3. The SMILES string of the molecule is COc1cc2cc(c1Cl)N(C)C(=O)C[C@H](OC(=O)C(C)N(C)C(=O)CCS[C@@H]1CC(=O)N(CC3CCC(C(=O)NCCCC[C@H](N)C(=O)NCCNc4ncc(-c5cc(C)cc(F)c5)c(N5CCC(N)CC5)c4-c4nc5ccc(Cl)cc5[nH]4)CC3)C1=O)C1(C)CC(C)(O1)C1C[C@](O)(C/C=C/C=C(\C)C2)NC(=O)O1. The van der Waals surface area contributed by atoms with E-state index in [1.165, 1.54) is 59.7 Å². The molecule has 1 saturated carbocycles. The Morgan fingerprint density at radius 2 is 1.69 bits per heavy atom. The minimum atomic E-state index is -1.67. The summed E-state index contributed by atoms with van der Waals surface area (Å²) in [5.41, 5.74) is 15.8. The molecule has 8 atom stereocenters. The molecule has 6 bridgehead atoms. The summed E-state index contributed by atoms with van der Waals surface area (Å²) in [7, 11) is 4.48. The van der Waals surface area contributed by atoms with Gasteiger partial charge < -0.3 is 71.2 Å². The van der Waals surface area contributed by atoms with Crippen molar-refractivity contribution in [3.63, 3.8) is 0 Å². The predicted molar refractivity (Wildman–Crippen MR) is 413 cm³/mol. The molecule has 0 spiro atoms.